The monoisotopic (exact) mass is 494 g/mol. The summed E-state index contributed by atoms with van der Waals surface area (Å²) >= 11 is 3.46. The van der Waals surface area contributed by atoms with Crippen LogP contribution in [0.25, 0.3) is 0 Å². The van der Waals surface area contributed by atoms with Crippen LogP contribution >= 0.6 is 15.9 Å². The van der Waals surface area contributed by atoms with Crippen molar-refractivity contribution in [1.29, 1.82) is 5.26 Å². The van der Waals surface area contributed by atoms with E-state index in [0.717, 1.165) is 41.9 Å². The number of halogens is 4. The molecule has 0 aliphatic carbocycles. The second-order valence-electron chi connectivity index (χ2n) is 7.56. The predicted octanol–water partition coefficient (Wildman–Crippen LogP) is 5.03. The van der Waals surface area contributed by atoms with E-state index in [4.69, 9.17) is 10.00 Å². The summed E-state index contributed by atoms with van der Waals surface area (Å²) in [4.78, 5) is 20.8. The highest BCUT2D eigenvalue weighted by molar-refractivity contribution is 9.10. The Labute approximate surface area is 185 Å². The van der Waals surface area contributed by atoms with Crippen LogP contribution in [0.15, 0.2) is 34.8 Å². The highest BCUT2D eigenvalue weighted by atomic mass is 79.9. The van der Waals surface area contributed by atoms with E-state index in [9.17, 15) is 18.0 Å². The highest BCUT2D eigenvalue weighted by Gasteiger charge is 2.41. The average molecular weight is 495 g/mol. The number of anilines is 1. The molecule has 3 heterocycles. The molecular weight excluding hydrogens is 477 g/mol. The Morgan fingerprint density at radius 2 is 2.03 bits per heavy atom. The van der Waals surface area contributed by atoms with Gasteiger partial charge in [-0.1, -0.05) is 0 Å². The van der Waals surface area contributed by atoms with Crippen molar-refractivity contribution in [3.63, 3.8) is 0 Å². The summed E-state index contributed by atoms with van der Waals surface area (Å²) < 4.78 is 45.9. The zero-order valence-electron chi connectivity index (χ0n) is 16.5. The number of pyridine rings is 1. The number of nitrogens with zero attached hydrogens (tertiary/aromatic N) is 4. The van der Waals surface area contributed by atoms with Gasteiger partial charge < -0.3 is 9.64 Å². The lowest BCUT2D eigenvalue weighted by Gasteiger charge is -2.32. The van der Waals surface area contributed by atoms with Crippen LogP contribution in [0.2, 0.25) is 0 Å². The molecule has 0 N–H and O–H groups in total. The first-order chi connectivity index (χ1) is 14.7. The Bertz CT molecular complexity index is 1070. The molecule has 0 saturated carbocycles. The van der Waals surface area contributed by atoms with Crippen molar-refractivity contribution in [1.82, 2.24) is 9.88 Å². The Morgan fingerprint density at radius 3 is 2.65 bits per heavy atom. The van der Waals surface area contributed by atoms with E-state index in [1.807, 2.05) is 12.1 Å². The Morgan fingerprint density at radius 1 is 1.29 bits per heavy atom. The molecule has 2 fully saturated rings. The van der Waals surface area contributed by atoms with E-state index in [0.29, 0.717) is 5.69 Å². The largest absolute Gasteiger partial charge is 0.439 e. The summed E-state index contributed by atoms with van der Waals surface area (Å²) in [6.45, 7) is 3.70. The van der Waals surface area contributed by atoms with E-state index in [-0.39, 0.29) is 17.7 Å². The van der Waals surface area contributed by atoms with E-state index < -0.39 is 30.0 Å². The molecule has 2 aliphatic heterocycles. The number of nitriles is 1. The third-order valence-electron chi connectivity index (χ3n) is 5.54. The van der Waals surface area contributed by atoms with E-state index in [1.165, 1.54) is 11.0 Å². The van der Waals surface area contributed by atoms with Gasteiger partial charge in [0.1, 0.15) is 11.9 Å². The first-order valence-electron chi connectivity index (χ1n) is 9.67. The molecule has 0 bridgehead atoms. The van der Waals surface area contributed by atoms with Crippen LogP contribution in [-0.2, 0) is 17.5 Å². The normalized spacial score (nSPS) is 21.0. The van der Waals surface area contributed by atoms with Gasteiger partial charge in [0, 0.05) is 17.6 Å². The topological polar surface area (TPSA) is 69.5 Å². The standard InChI is InChI=1S/C21H18BrF3N4O2/c1-12-19(14-7-13(10-26)8-15(9-14)21(23,24)25)31-20(30)29(12)11-17-16(22)3-4-18(27-17)28-5-2-6-28/h3-4,7-9,12,19H,2,5-6,11H2,1H3/t12-,19-/m0/s1. The van der Waals surface area contributed by atoms with Crippen LogP contribution < -0.4 is 4.90 Å². The number of rotatable bonds is 4. The molecule has 1 amide bonds. The molecule has 0 radical (unpaired) electrons. The minimum absolute atomic E-state index is 0.135. The summed E-state index contributed by atoms with van der Waals surface area (Å²) in [5, 5.41) is 9.13. The number of benzene rings is 1. The number of amides is 1. The number of hydrogen-bond acceptors (Lipinski definition) is 5. The molecule has 2 saturated heterocycles. The fourth-order valence-corrected chi connectivity index (χ4v) is 4.02. The summed E-state index contributed by atoms with van der Waals surface area (Å²) in [6.07, 6.45) is -5.08. The smallest absolute Gasteiger partial charge is 0.416 e. The number of carbonyl (C=O) groups excluding carboxylic acids is 1. The summed E-state index contributed by atoms with van der Waals surface area (Å²) in [5.41, 5.74) is -0.320. The van der Waals surface area contributed by atoms with E-state index in [2.05, 4.69) is 25.8 Å². The molecule has 6 nitrogen and oxygen atoms in total. The maximum absolute atomic E-state index is 13.2. The first-order valence-corrected chi connectivity index (χ1v) is 10.5. The van der Waals surface area contributed by atoms with Crippen LogP contribution in [0.1, 0.15) is 41.8 Å². The fraction of sp³-hybridized carbons (Fsp3) is 0.381. The van der Waals surface area contributed by atoms with Gasteiger partial charge in [0.05, 0.1) is 35.5 Å². The molecule has 162 valence electrons. The highest BCUT2D eigenvalue weighted by Crippen LogP contribution is 2.38. The molecular formula is C21H18BrF3N4O2. The molecule has 2 aromatic rings. The molecule has 0 unspecified atom stereocenters. The number of carbonyl (C=O) groups is 1. The number of cyclic esters (lactones) is 1. The van der Waals surface area contributed by atoms with E-state index >= 15 is 0 Å². The molecule has 2 aliphatic rings. The van der Waals surface area contributed by atoms with Crippen molar-refractivity contribution in [2.24, 2.45) is 0 Å². The molecule has 4 rings (SSSR count). The minimum Gasteiger partial charge on any atom is -0.439 e. The lowest BCUT2D eigenvalue weighted by Crippen LogP contribution is -2.38. The van der Waals surface area contributed by atoms with Crippen LogP contribution in [0.3, 0.4) is 0 Å². The maximum atomic E-state index is 13.2. The van der Waals surface area contributed by atoms with Crippen LogP contribution in [0, 0.1) is 11.3 Å². The van der Waals surface area contributed by atoms with Crippen molar-refractivity contribution in [2.45, 2.75) is 38.2 Å². The molecule has 1 aromatic heterocycles. The minimum atomic E-state index is -4.61. The Kier molecular flexibility index (Phi) is 5.56. The average Bonchev–Trinajstić information content (AvgIpc) is 2.96. The van der Waals surface area contributed by atoms with Gasteiger partial charge in [-0.15, -0.1) is 0 Å². The van der Waals surface area contributed by atoms with Crippen LogP contribution in [0.4, 0.5) is 23.8 Å². The van der Waals surface area contributed by atoms with Gasteiger partial charge in [-0.05, 0) is 65.2 Å². The molecule has 0 spiro atoms. The second kappa shape index (κ2) is 8.04. The zero-order chi connectivity index (χ0) is 22.3. The van der Waals surface area contributed by atoms with Crippen molar-refractivity contribution >= 4 is 27.8 Å². The molecule has 2 atom stereocenters. The quantitative estimate of drug-likeness (QED) is 0.596. The van der Waals surface area contributed by atoms with E-state index in [1.54, 1.807) is 13.0 Å². The van der Waals surface area contributed by atoms with Crippen molar-refractivity contribution in [3.8, 4) is 6.07 Å². The van der Waals surface area contributed by atoms with Crippen LogP contribution in [0.5, 0.6) is 0 Å². The van der Waals surface area contributed by atoms with Crippen molar-refractivity contribution in [2.75, 3.05) is 18.0 Å². The third kappa shape index (κ3) is 4.19. The van der Waals surface area contributed by atoms with Gasteiger partial charge in [0.15, 0.2) is 0 Å². The van der Waals surface area contributed by atoms with Gasteiger partial charge in [0.25, 0.3) is 0 Å². The van der Waals surface area contributed by atoms with Gasteiger partial charge in [0.2, 0.25) is 0 Å². The van der Waals surface area contributed by atoms with Crippen LogP contribution in [-0.4, -0.2) is 35.1 Å². The van der Waals surface area contributed by atoms with Gasteiger partial charge in [-0.3, -0.25) is 4.90 Å². The number of hydrogen-bond donors (Lipinski definition) is 0. The molecule has 10 heteroatoms. The Balaban J connectivity index is 1.60. The Hall–Kier alpha value is -2.80. The van der Waals surface area contributed by atoms with Gasteiger partial charge >= 0.3 is 12.3 Å². The summed E-state index contributed by atoms with van der Waals surface area (Å²) in [6, 6.07) is 7.99. The van der Waals surface area contributed by atoms with Gasteiger partial charge in [-0.25, -0.2) is 9.78 Å². The predicted molar refractivity (Wildman–Crippen MR) is 109 cm³/mol. The summed E-state index contributed by atoms with van der Waals surface area (Å²) in [5.74, 6) is 0.817. The molecule has 31 heavy (non-hydrogen) atoms. The second-order valence-corrected chi connectivity index (χ2v) is 8.42. The lowest BCUT2D eigenvalue weighted by atomic mass is 9.98. The first kappa shape index (κ1) is 21.4. The lowest BCUT2D eigenvalue weighted by molar-refractivity contribution is -0.137. The number of alkyl halides is 3. The zero-order valence-corrected chi connectivity index (χ0v) is 18.1. The summed E-state index contributed by atoms with van der Waals surface area (Å²) in [7, 11) is 0. The fourth-order valence-electron chi connectivity index (χ4n) is 3.67. The third-order valence-corrected chi connectivity index (χ3v) is 6.26. The van der Waals surface area contributed by atoms with Gasteiger partial charge in [-0.2, -0.15) is 18.4 Å². The number of ether oxygens (including phenoxy) is 1. The maximum Gasteiger partial charge on any atom is 0.416 e. The van der Waals surface area contributed by atoms with Crippen molar-refractivity contribution in [3.05, 3.63) is 57.2 Å². The number of aromatic nitrogens is 1. The van der Waals surface area contributed by atoms with Crippen molar-refractivity contribution < 1.29 is 22.7 Å². The SMILES string of the molecule is C[C@H]1[C@@H](c2cc(C#N)cc(C(F)(F)F)c2)OC(=O)N1Cc1nc(N2CCC2)ccc1Br. The molecule has 1 aromatic carbocycles.